The van der Waals surface area contributed by atoms with E-state index < -0.39 is 17.5 Å². The van der Waals surface area contributed by atoms with E-state index in [-0.39, 0.29) is 23.0 Å². The predicted octanol–water partition coefficient (Wildman–Crippen LogP) is 4.99. The van der Waals surface area contributed by atoms with Gasteiger partial charge in [0.15, 0.2) is 16.7 Å². The molecular formula is C25H23F3N4O3S. The van der Waals surface area contributed by atoms with Gasteiger partial charge in [-0.15, -0.1) is 0 Å². The maximum atomic E-state index is 13.5. The molecule has 2 heterocycles. The molecule has 0 spiro atoms. The molecule has 0 bridgehead atoms. The molecule has 2 aromatic carbocycles. The number of hydrogen-bond donors (Lipinski definition) is 0. The lowest BCUT2D eigenvalue weighted by molar-refractivity contribution is -0.138. The summed E-state index contributed by atoms with van der Waals surface area (Å²) in [6.45, 7) is 6.53. The van der Waals surface area contributed by atoms with Crippen LogP contribution >= 0.6 is 11.8 Å². The average Bonchev–Trinajstić information content (AvgIpc) is 3.24. The largest absolute Gasteiger partial charge is 0.493 e. The first-order valence-corrected chi connectivity index (χ1v) is 12.0. The minimum Gasteiger partial charge on any atom is -0.493 e. The van der Waals surface area contributed by atoms with Crippen molar-refractivity contribution in [3.63, 3.8) is 0 Å². The highest BCUT2D eigenvalue weighted by Crippen LogP contribution is 2.41. The topological polar surface area (TPSA) is 78.2 Å². The Bertz CT molecular complexity index is 1260. The summed E-state index contributed by atoms with van der Waals surface area (Å²) in [5, 5.41) is 9.62. The van der Waals surface area contributed by atoms with Crippen molar-refractivity contribution in [2.45, 2.75) is 13.1 Å². The molecule has 1 saturated heterocycles. The van der Waals surface area contributed by atoms with Crippen molar-refractivity contribution in [3.05, 3.63) is 58.0 Å². The monoisotopic (exact) mass is 516 g/mol. The highest BCUT2D eigenvalue weighted by Gasteiger charge is 2.35. The maximum absolute atomic E-state index is 13.5. The standard InChI is InChI=1S/C25H23F3N4O3S/c1-3-31-8-10-32(11-9-31)24-30-23(33)22(36-24)14-16-4-7-20(21(13-16)34-2)35-19-6-5-17(15-29)12-18(19)25(26,27)28/h4-7,12-14H,3,8-11H2,1-2H3/b22-14-. The summed E-state index contributed by atoms with van der Waals surface area (Å²) in [6.07, 6.45) is -3.04. The molecule has 1 fully saturated rings. The van der Waals surface area contributed by atoms with Crippen LogP contribution in [0.4, 0.5) is 13.2 Å². The summed E-state index contributed by atoms with van der Waals surface area (Å²) in [6, 6.07) is 9.45. The number of alkyl halides is 3. The molecular weight excluding hydrogens is 493 g/mol. The fraction of sp³-hybridized carbons (Fsp3) is 0.320. The third-order valence-electron chi connectivity index (χ3n) is 5.82. The van der Waals surface area contributed by atoms with Gasteiger partial charge in [-0.2, -0.15) is 23.4 Å². The van der Waals surface area contributed by atoms with Crippen molar-refractivity contribution < 1.29 is 27.4 Å². The summed E-state index contributed by atoms with van der Waals surface area (Å²) < 4.78 is 51.4. The molecule has 0 atom stereocenters. The molecule has 7 nitrogen and oxygen atoms in total. The van der Waals surface area contributed by atoms with Crippen molar-refractivity contribution in [2.24, 2.45) is 4.99 Å². The molecule has 11 heteroatoms. The zero-order chi connectivity index (χ0) is 25.9. The summed E-state index contributed by atoms with van der Waals surface area (Å²) in [4.78, 5) is 21.6. The van der Waals surface area contributed by atoms with E-state index >= 15 is 0 Å². The number of nitriles is 1. The van der Waals surface area contributed by atoms with Gasteiger partial charge in [-0.25, -0.2) is 0 Å². The fourth-order valence-electron chi connectivity index (χ4n) is 3.83. The Balaban J connectivity index is 1.52. The van der Waals surface area contributed by atoms with E-state index in [0.29, 0.717) is 15.6 Å². The Morgan fingerprint density at radius 3 is 2.47 bits per heavy atom. The van der Waals surface area contributed by atoms with Crippen LogP contribution in [-0.4, -0.2) is 60.7 Å². The van der Waals surface area contributed by atoms with E-state index in [0.717, 1.165) is 44.9 Å². The van der Waals surface area contributed by atoms with Gasteiger partial charge in [0, 0.05) is 26.2 Å². The van der Waals surface area contributed by atoms with Crippen LogP contribution in [-0.2, 0) is 11.0 Å². The summed E-state index contributed by atoms with van der Waals surface area (Å²) in [5.41, 5.74) is -0.582. The number of nitrogens with zero attached hydrogens (tertiary/aromatic N) is 4. The number of methoxy groups -OCH3 is 1. The van der Waals surface area contributed by atoms with E-state index in [1.54, 1.807) is 24.3 Å². The number of piperazine rings is 1. The fourth-order valence-corrected chi connectivity index (χ4v) is 4.79. The lowest BCUT2D eigenvalue weighted by Gasteiger charge is -2.34. The first-order chi connectivity index (χ1) is 17.2. The molecule has 0 aliphatic carbocycles. The van der Waals surface area contributed by atoms with Crippen LogP contribution in [0.5, 0.6) is 17.2 Å². The van der Waals surface area contributed by atoms with E-state index in [9.17, 15) is 18.0 Å². The third kappa shape index (κ3) is 5.66. The van der Waals surface area contributed by atoms with Crippen molar-refractivity contribution in [2.75, 3.05) is 39.8 Å². The zero-order valence-corrected chi connectivity index (χ0v) is 20.4. The van der Waals surface area contributed by atoms with Gasteiger partial charge >= 0.3 is 6.18 Å². The summed E-state index contributed by atoms with van der Waals surface area (Å²) in [7, 11) is 1.37. The van der Waals surface area contributed by atoms with Gasteiger partial charge in [0.25, 0.3) is 5.91 Å². The molecule has 2 aromatic rings. The van der Waals surface area contributed by atoms with Crippen LogP contribution in [0, 0.1) is 11.3 Å². The molecule has 2 aliphatic heterocycles. The van der Waals surface area contributed by atoms with E-state index in [4.69, 9.17) is 14.7 Å². The van der Waals surface area contributed by atoms with Crippen molar-refractivity contribution in [1.82, 2.24) is 9.80 Å². The molecule has 4 rings (SSSR count). The van der Waals surface area contributed by atoms with E-state index in [1.807, 2.05) is 0 Å². The molecule has 36 heavy (non-hydrogen) atoms. The van der Waals surface area contributed by atoms with Gasteiger partial charge in [0.05, 0.1) is 29.2 Å². The first kappa shape index (κ1) is 25.6. The van der Waals surface area contributed by atoms with Crippen molar-refractivity contribution in [1.29, 1.82) is 5.26 Å². The quantitative estimate of drug-likeness (QED) is 0.519. The van der Waals surface area contributed by atoms with Gasteiger partial charge in [-0.3, -0.25) is 4.79 Å². The summed E-state index contributed by atoms with van der Waals surface area (Å²) >= 11 is 1.30. The van der Waals surface area contributed by atoms with Gasteiger partial charge in [-0.05, 0) is 60.3 Å². The van der Waals surface area contributed by atoms with E-state index in [1.165, 1.54) is 31.0 Å². The molecule has 1 amide bonds. The molecule has 0 radical (unpaired) electrons. The maximum Gasteiger partial charge on any atom is 0.420 e. The molecule has 0 aromatic heterocycles. The number of amidine groups is 1. The number of amides is 1. The Hall–Kier alpha value is -3.49. The van der Waals surface area contributed by atoms with Crippen molar-refractivity contribution >= 4 is 28.9 Å². The minimum atomic E-state index is -4.71. The van der Waals surface area contributed by atoms with E-state index in [2.05, 4.69) is 21.7 Å². The Kier molecular flexibility index (Phi) is 7.56. The molecule has 0 N–H and O–H groups in total. The lowest BCUT2D eigenvalue weighted by atomic mass is 10.1. The number of likely N-dealkylation sites (N-methyl/N-ethyl adjacent to an activating group) is 1. The Labute approximate surface area is 210 Å². The van der Waals surface area contributed by atoms with Gasteiger partial charge in [0.1, 0.15) is 5.75 Å². The van der Waals surface area contributed by atoms with Gasteiger partial charge < -0.3 is 19.3 Å². The number of aliphatic imine (C=N–C) groups is 1. The minimum absolute atomic E-state index is 0.0611. The zero-order valence-electron chi connectivity index (χ0n) is 19.6. The normalized spacial score (nSPS) is 17.8. The average molecular weight is 517 g/mol. The number of benzene rings is 2. The van der Waals surface area contributed by atoms with Gasteiger partial charge in [-0.1, -0.05) is 13.0 Å². The molecule has 188 valence electrons. The lowest BCUT2D eigenvalue weighted by Crippen LogP contribution is -2.47. The third-order valence-corrected chi connectivity index (χ3v) is 6.86. The number of ether oxygens (including phenoxy) is 2. The number of thioether (sulfide) groups is 1. The Morgan fingerprint density at radius 2 is 1.83 bits per heavy atom. The van der Waals surface area contributed by atoms with Crippen LogP contribution in [0.2, 0.25) is 0 Å². The number of rotatable bonds is 5. The molecule has 2 aliphatic rings. The first-order valence-electron chi connectivity index (χ1n) is 11.2. The number of carbonyl (C=O) groups excluding carboxylic acids is 1. The predicted molar refractivity (Wildman–Crippen MR) is 131 cm³/mol. The van der Waals surface area contributed by atoms with Gasteiger partial charge in [0.2, 0.25) is 0 Å². The highest BCUT2D eigenvalue weighted by atomic mass is 32.2. The van der Waals surface area contributed by atoms with Crippen molar-refractivity contribution in [3.8, 4) is 23.3 Å². The smallest absolute Gasteiger partial charge is 0.420 e. The van der Waals surface area contributed by atoms with Crippen LogP contribution < -0.4 is 9.47 Å². The second-order valence-electron chi connectivity index (χ2n) is 8.06. The van der Waals surface area contributed by atoms with Crippen LogP contribution in [0.15, 0.2) is 46.3 Å². The molecule has 0 unspecified atom stereocenters. The highest BCUT2D eigenvalue weighted by molar-refractivity contribution is 8.18. The number of halogens is 3. The SMILES string of the molecule is CCN1CCN(C2=NC(=O)/C(=C/c3ccc(Oc4ccc(C#N)cc4C(F)(F)F)c(OC)c3)S2)CC1. The van der Waals surface area contributed by atoms with Crippen LogP contribution in [0.25, 0.3) is 6.08 Å². The number of carbonyl (C=O) groups is 1. The second-order valence-corrected chi connectivity index (χ2v) is 9.07. The second kappa shape index (κ2) is 10.6. The summed E-state index contributed by atoms with van der Waals surface area (Å²) in [5.74, 6) is -0.534. The Morgan fingerprint density at radius 1 is 1.11 bits per heavy atom. The van der Waals surface area contributed by atoms with Crippen LogP contribution in [0.1, 0.15) is 23.6 Å². The number of hydrogen-bond acceptors (Lipinski definition) is 7. The molecule has 0 saturated carbocycles. The van der Waals surface area contributed by atoms with Crippen LogP contribution in [0.3, 0.4) is 0 Å².